The van der Waals surface area contributed by atoms with E-state index < -0.39 is 0 Å². The Morgan fingerprint density at radius 3 is 2.61 bits per heavy atom. The van der Waals surface area contributed by atoms with Crippen LogP contribution in [0.25, 0.3) is 0 Å². The molecule has 1 aromatic carbocycles. The van der Waals surface area contributed by atoms with Crippen LogP contribution in [0.3, 0.4) is 0 Å². The third kappa shape index (κ3) is 3.93. The first kappa shape index (κ1) is 13.2. The van der Waals surface area contributed by atoms with Crippen LogP contribution >= 0.6 is 11.8 Å². The first-order valence-electron chi connectivity index (χ1n) is 6.26. The number of rotatable bonds is 6. The molecule has 0 aliphatic rings. The minimum Gasteiger partial charge on any atom is -0.353 e. The molecule has 2 aromatic rings. The van der Waals surface area contributed by atoms with Gasteiger partial charge >= 0.3 is 0 Å². The van der Waals surface area contributed by atoms with Crippen molar-refractivity contribution in [2.75, 3.05) is 12.3 Å². The van der Waals surface area contributed by atoms with Crippen molar-refractivity contribution >= 4 is 11.8 Å². The highest BCUT2D eigenvalue weighted by atomic mass is 32.2. The third-order valence-corrected chi connectivity index (χ3v) is 3.94. The summed E-state index contributed by atoms with van der Waals surface area (Å²) in [7, 11) is 2.08. The van der Waals surface area contributed by atoms with E-state index >= 15 is 0 Å². The summed E-state index contributed by atoms with van der Waals surface area (Å²) in [6, 6.07) is 13.0. The lowest BCUT2D eigenvalue weighted by Crippen LogP contribution is -2.18. The largest absolute Gasteiger partial charge is 0.353 e. The van der Waals surface area contributed by atoms with E-state index in [-0.39, 0.29) is 0 Å². The molecule has 0 aliphatic carbocycles. The molecule has 0 unspecified atom stereocenters. The van der Waals surface area contributed by atoms with E-state index in [1.165, 1.54) is 16.2 Å². The number of nitrogens with zero attached hydrogens (tertiary/aromatic N) is 1. The number of hydrogen-bond acceptors (Lipinski definition) is 2. The average Bonchev–Trinajstić information content (AvgIpc) is 2.77. The molecule has 1 heterocycles. The normalized spacial score (nSPS) is 10.8. The van der Waals surface area contributed by atoms with E-state index in [0.29, 0.717) is 0 Å². The van der Waals surface area contributed by atoms with Crippen molar-refractivity contribution in [3.8, 4) is 0 Å². The van der Waals surface area contributed by atoms with Gasteiger partial charge in [0.15, 0.2) is 0 Å². The molecule has 18 heavy (non-hydrogen) atoms. The zero-order valence-corrected chi connectivity index (χ0v) is 11.8. The summed E-state index contributed by atoms with van der Waals surface area (Å²) >= 11 is 1.90. The quantitative estimate of drug-likeness (QED) is 0.634. The van der Waals surface area contributed by atoms with Gasteiger partial charge in [-0.3, -0.25) is 0 Å². The lowest BCUT2D eigenvalue weighted by molar-refractivity contribution is 0.683. The molecule has 0 amide bonds. The monoisotopic (exact) mass is 260 g/mol. The first-order valence-corrected chi connectivity index (χ1v) is 7.24. The van der Waals surface area contributed by atoms with Crippen LogP contribution in [0, 0.1) is 6.92 Å². The zero-order chi connectivity index (χ0) is 12.8. The fraction of sp³-hybridized carbons (Fsp3) is 0.333. The molecular formula is C15H20N2S. The Labute approximate surface area is 113 Å². The highest BCUT2D eigenvalue weighted by Gasteiger charge is 1.97. The summed E-state index contributed by atoms with van der Waals surface area (Å²) in [5.41, 5.74) is 2.65. The molecule has 0 atom stereocenters. The lowest BCUT2D eigenvalue weighted by atomic mass is 10.2. The fourth-order valence-electron chi connectivity index (χ4n) is 1.77. The predicted octanol–water partition coefficient (Wildman–Crippen LogP) is 3.22. The average molecular weight is 260 g/mol. The van der Waals surface area contributed by atoms with Crippen molar-refractivity contribution in [3.63, 3.8) is 0 Å². The molecule has 96 valence electrons. The van der Waals surface area contributed by atoms with Crippen LogP contribution in [0.4, 0.5) is 0 Å². The van der Waals surface area contributed by atoms with Crippen LogP contribution in [-0.4, -0.2) is 16.9 Å². The maximum absolute atomic E-state index is 3.47. The zero-order valence-electron chi connectivity index (χ0n) is 11.0. The second kappa shape index (κ2) is 6.66. The number of benzene rings is 1. The molecule has 2 rings (SSSR count). The van der Waals surface area contributed by atoms with E-state index in [1.807, 2.05) is 11.8 Å². The van der Waals surface area contributed by atoms with E-state index in [0.717, 1.165) is 18.8 Å². The minimum absolute atomic E-state index is 0.942. The van der Waals surface area contributed by atoms with Gasteiger partial charge < -0.3 is 9.88 Å². The van der Waals surface area contributed by atoms with Gasteiger partial charge in [-0.25, -0.2) is 0 Å². The van der Waals surface area contributed by atoms with Gasteiger partial charge in [-0.1, -0.05) is 17.7 Å². The van der Waals surface area contributed by atoms with Crippen molar-refractivity contribution in [1.82, 2.24) is 9.88 Å². The Bertz CT molecular complexity index is 473. The van der Waals surface area contributed by atoms with Crippen molar-refractivity contribution < 1.29 is 0 Å². The third-order valence-electron chi connectivity index (χ3n) is 2.93. The van der Waals surface area contributed by atoms with Crippen molar-refractivity contribution in [1.29, 1.82) is 0 Å². The van der Waals surface area contributed by atoms with Crippen LogP contribution < -0.4 is 5.32 Å². The van der Waals surface area contributed by atoms with Gasteiger partial charge in [0.2, 0.25) is 0 Å². The summed E-state index contributed by atoms with van der Waals surface area (Å²) in [4.78, 5) is 1.35. The molecular weight excluding hydrogens is 240 g/mol. The summed E-state index contributed by atoms with van der Waals surface area (Å²) in [5, 5.41) is 3.47. The Hall–Kier alpha value is -1.19. The molecule has 2 nitrogen and oxygen atoms in total. The molecule has 0 saturated carbocycles. The van der Waals surface area contributed by atoms with Crippen LogP contribution in [-0.2, 0) is 13.6 Å². The summed E-state index contributed by atoms with van der Waals surface area (Å²) in [5.74, 6) is 1.10. The SMILES string of the molecule is Cc1ccc(SCCNCc2cccn2C)cc1. The molecule has 0 radical (unpaired) electrons. The van der Waals surface area contributed by atoms with Crippen LogP contribution in [0.15, 0.2) is 47.5 Å². The smallest absolute Gasteiger partial charge is 0.0359 e. The Morgan fingerprint density at radius 1 is 1.17 bits per heavy atom. The molecule has 0 spiro atoms. The summed E-state index contributed by atoms with van der Waals surface area (Å²) in [6.45, 7) is 4.09. The van der Waals surface area contributed by atoms with Gasteiger partial charge in [0.05, 0.1) is 0 Å². The number of thioether (sulfide) groups is 1. The van der Waals surface area contributed by atoms with Crippen LogP contribution in [0.2, 0.25) is 0 Å². The highest BCUT2D eigenvalue weighted by molar-refractivity contribution is 7.99. The second-order valence-corrected chi connectivity index (χ2v) is 5.62. The lowest BCUT2D eigenvalue weighted by Gasteiger charge is -2.06. The molecule has 1 aromatic heterocycles. The van der Waals surface area contributed by atoms with Crippen LogP contribution in [0.5, 0.6) is 0 Å². The maximum atomic E-state index is 3.47. The van der Waals surface area contributed by atoms with Gasteiger partial charge in [0.1, 0.15) is 0 Å². The number of aryl methyl sites for hydroxylation is 2. The Balaban J connectivity index is 1.64. The molecule has 0 fully saturated rings. The molecule has 0 bridgehead atoms. The summed E-state index contributed by atoms with van der Waals surface area (Å²) in [6.07, 6.45) is 2.08. The van der Waals surface area contributed by atoms with E-state index in [9.17, 15) is 0 Å². The molecule has 0 saturated heterocycles. The standard InChI is InChI=1S/C15H20N2S/c1-13-5-7-15(8-6-13)18-11-9-16-12-14-4-3-10-17(14)2/h3-8,10,16H,9,11-12H2,1-2H3. The molecule has 0 aliphatic heterocycles. The Kier molecular flexibility index (Phi) is 4.90. The maximum Gasteiger partial charge on any atom is 0.0359 e. The van der Waals surface area contributed by atoms with Gasteiger partial charge in [-0.15, -0.1) is 11.8 Å². The fourth-order valence-corrected chi connectivity index (χ4v) is 2.58. The molecule has 3 heteroatoms. The van der Waals surface area contributed by atoms with Crippen molar-refractivity contribution in [2.45, 2.75) is 18.4 Å². The van der Waals surface area contributed by atoms with Gasteiger partial charge in [-0.2, -0.15) is 0 Å². The minimum atomic E-state index is 0.942. The van der Waals surface area contributed by atoms with E-state index in [1.54, 1.807) is 0 Å². The van der Waals surface area contributed by atoms with Crippen LogP contribution in [0.1, 0.15) is 11.3 Å². The molecule has 1 N–H and O–H groups in total. The second-order valence-electron chi connectivity index (χ2n) is 4.45. The van der Waals surface area contributed by atoms with Gasteiger partial charge in [-0.05, 0) is 31.2 Å². The summed E-state index contributed by atoms with van der Waals surface area (Å²) < 4.78 is 2.15. The van der Waals surface area contributed by atoms with Gasteiger partial charge in [0, 0.05) is 42.7 Å². The first-order chi connectivity index (χ1) is 8.75. The highest BCUT2D eigenvalue weighted by Crippen LogP contribution is 2.17. The van der Waals surface area contributed by atoms with E-state index in [2.05, 4.69) is 66.5 Å². The predicted molar refractivity (Wildman–Crippen MR) is 79.0 cm³/mol. The topological polar surface area (TPSA) is 17.0 Å². The van der Waals surface area contributed by atoms with E-state index in [4.69, 9.17) is 0 Å². The van der Waals surface area contributed by atoms with Crippen molar-refractivity contribution in [2.24, 2.45) is 7.05 Å². The number of nitrogens with one attached hydrogen (secondary N) is 1. The number of hydrogen-bond donors (Lipinski definition) is 1. The number of aromatic nitrogens is 1. The van der Waals surface area contributed by atoms with Crippen molar-refractivity contribution in [3.05, 3.63) is 53.9 Å². The van der Waals surface area contributed by atoms with Gasteiger partial charge in [0.25, 0.3) is 0 Å². The Morgan fingerprint density at radius 2 is 1.94 bits per heavy atom.